The van der Waals surface area contributed by atoms with Gasteiger partial charge >= 0.3 is 0 Å². The Morgan fingerprint density at radius 1 is 1.38 bits per heavy atom. The molecule has 4 nitrogen and oxygen atoms in total. The van der Waals surface area contributed by atoms with Crippen LogP contribution in [-0.4, -0.2) is 23.2 Å². The highest BCUT2D eigenvalue weighted by Crippen LogP contribution is 2.22. The average molecular weight is 216 g/mol. The van der Waals surface area contributed by atoms with E-state index < -0.39 is 0 Å². The summed E-state index contributed by atoms with van der Waals surface area (Å²) >= 11 is 0. The molecule has 1 aromatic heterocycles. The molecule has 3 rings (SSSR count). The normalized spacial score (nSPS) is 20.4. The van der Waals surface area contributed by atoms with Gasteiger partial charge in [-0.05, 0) is 18.6 Å². The molecule has 1 aliphatic rings. The molecule has 2 heterocycles. The second-order valence-electron chi connectivity index (χ2n) is 4.03. The SMILES string of the molecule is O=c1[nH]c(C2CCOC2)nc2ccccc12. The summed E-state index contributed by atoms with van der Waals surface area (Å²) in [6, 6.07) is 7.39. The van der Waals surface area contributed by atoms with Crippen LogP contribution in [0.15, 0.2) is 29.1 Å². The number of nitrogens with one attached hydrogen (secondary N) is 1. The molecule has 0 spiro atoms. The molecular weight excluding hydrogens is 204 g/mol. The molecule has 1 unspecified atom stereocenters. The first-order chi connectivity index (χ1) is 7.84. The summed E-state index contributed by atoms with van der Waals surface area (Å²) in [5.74, 6) is 0.985. The van der Waals surface area contributed by atoms with Crippen molar-refractivity contribution < 1.29 is 4.74 Å². The quantitative estimate of drug-likeness (QED) is 0.784. The van der Waals surface area contributed by atoms with Crippen molar-refractivity contribution in [1.82, 2.24) is 9.97 Å². The first kappa shape index (κ1) is 9.54. The van der Waals surface area contributed by atoms with Crippen LogP contribution >= 0.6 is 0 Å². The van der Waals surface area contributed by atoms with Crippen molar-refractivity contribution in [1.29, 1.82) is 0 Å². The fourth-order valence-electron chi connectivity index (χ4n) is 2.05. The Morgan fingerprint density at radius 3 is 3.06 bits per heavy atom. The molecule has 0 radical (unpaired) electrons. The van der Waals surface area contributed by atoms with Crippen molar-refractivity contribution in [2.24, 2.45) is 0 Å². The molecule has 0 amide bonds. The van der Waals surface area contributed by atoms with Gasteiger partial charge in [-0.2, -0.15) is 0 Å². The molecule has 1 aliphatic heterocycles. The fraction of sp³-hybridized carbons (Fsp3) is 0.333. The number of aromatic amines is 1. The summed E-state index contributed by atoms with van der Waals surface area (Å²) in [5, 5.41) is 0.644. The van der Waals surface area contributed by atoms with Gasteiger partial charge in [0.25, 0.3) is 5.56 Å². The van der Waals surface area contributed by atoms with Crippen LogP contribution in [0.1, 0.15) is 18.2 Å². The third-order valence-electron chi connectivity index (χ3n) is 2.95. The summed E-state index contributed by atoms with van der Waals surface area (Å²) < 4.78 is 5.30. The van der Waals surface area contributed by atoms with Gasteiger partial charge in [0.05, 0.1) is 17.5 Å². The predicted molar refractivity (Wildman–Crippen MR) is 60.5 cm³/mol. The third-order valence-corrected chi connectivity index (χ3v) is 2.95. The standard InChI is InChI=1S/C12H12N2O2/c15-12-9-3-1-2-4-10(9)13-11(14-12)8-5-6-16-7-8/h1-4,8H,5-7H2,(H,13,14,15). The Balaban J connectivity index is 2.17. The largest absolute Gasteiger partial charge is 0.381 e. The first-order valence-electron chi connectivity index (χ1n) is 5.41. The van der Waals surface area contributed by atoms with Crippen molar-refractivity contribution >= 4 is 10.9 Å². The van der Waals surface area contributed by atoms with E-state index in [0.717, 1.165) is 24.4 Å². The van der Waals surface area contributed by atoms with Gasteiger partial charge in [-0.1, -0.05) is 12.1 Å². The lowest BCUT2D eigenvalue weighted by atomic mass is 10.1. The Hall–Kier alpha value is -1.68. The van der Waals surface area contributed by atoms with Crippen LogP contribution in [0.25, 0.3) is 10.9 Å². The van der Waals surface area contributed by atoms with Gasteiger partial charge in [-0.3, -0.25) is 4.79 Å². The van der Waals surface area contributed by atoms with Crippen LogP contribution in [-0.2, 0) is 4.74 Å². The van der Waals surface area contributed by atoms with Gasteiger partial charge < -0.3 is 9.72 Å². The van der Waals surface area contributed by atoms with E-state index in [0.29, 0.717) is 12.0 Å². The number of hydrogen-bond acceptors (Lipinski definition) is 3. The number of H-pyrrole nitrogens is 1. The van der Waals surface area contributed by atoms with E-state index in [1.165, 1.54) is 0 Å². The van der Waals surface area contributed by atoms with Crippen molar-refractivity contribution in [3.05, 3.63) is 40.4 Å². The van der Waals surface area contributed by atoms with E-state index in [1.807, 2.05) is 18.2 Å². The van der Waals surface area contributed by atoms with Gasteiger partial charge in [-0.15, -0.1) is 0 Å². The maximum Gasteiger partial charge on any atom is 0.258 e. The summed E-state index contributed by atoms with van der Waals surface area (Å²) in [6.07, 6.45) is 0.932. The minimum absolute atomic E-state index is 0.0625. The number of rotatable bonds is 1. The highest BCUT2D eigenvalue weighted by Gasteiger charge is 2.20. The predicted octanol–water partition coefficient (Wildman–Crippen LogP) is 1.43. The van der Waals surface area contributed by atoms with Crippen LogP contribution in [0.4, 0.5) is 0 Å². The zero-order valence-corrected chi connectivity index (χ0v) is 8.77. The Kier molecular flexibility index (Phi) is 2.22. The number of hydrogen-bond donors (Lipinski definition) is 1. The minimum Gasteiger partial charge on any atom is -0.381 e. The van der Waals surface area contributed by atoms with E-state index in [4.69, 9.17) is 4.74 Å². The van der Waals surface area contributed by atoms with E-state index in [2.05, 4.69) is 9.97 Å². The van der Waals surface area contributed by atoms with Crippen LogP contribution in [0.3, 0.4) is 0 Å². The molecule has 1 atom stereocenters. The van der Waals surface area contributed by atoms with E-state index in [9.17, 15) is 4.79 Å². The van der Waals surface area contributed by atoms with Gasteiger partial charge in [0.2, 0.25) is 0 Å². The monoisotopic (exact) mass is 216 g/mol. The van der Waals surface area contributed by atoms with Crippen molar-refractivity contribution in [2.75, 3.05) is 13.2 Å². The average Bonchev–Trinajstić information content (AvgIpc) is 2.82. The Bertz CT molecular complexity index is 570. The highest BCUT2D eigenvalue weighted by molar-refractivity contribution is 5.77. The number of aromatic nitrogens is 2. The molecule has 82 valence electrons. The molecule has 0 aliphatic carbocycles. The third kappa shape index (κ3) is 1.51. The summed E-state index contributed by atoms with van der Waals surface area (Å²) in [7, 11) is 0. The lowest BCUT2D eigenvalue weighted by Gasteiger charge is -2.07. The second-order valence-corrected chi connectivity index (χ2v) is 4.03. The fourth-order valence-corrected chi connectivity index (χ4v) is 2.05. The lowest BCUT2D eigenvalue weighted by molar-refractivity contribution is 0.193. The summed E-state index contributed by atoms with van der Waals surface area (Å²) in [6.45, 7) is 1.41. The van der Waals surface area contributed by atoms with Crippen LogP contribution in [0.5, 0.6) is 0 Å². The molecule has 1 saturated heterocycles. The van der Waals surface area contributed by atoms with Crippen LogP contribution in [0.2, 0.25) is 0 Å². The van der Waals surface area contributed by atoms with E-state index in [1.54, 1.807) is 6.07 Å². The summed E-state index contributed by atoms with van der Waals surface area (Å²) in [4.78, 5) is 19.1. The van der Waals surface area contributed by atoms with Gasteiger partial charge in [0.15, 0.2) is 0 Å². The second kappa shape index (κ2) is 3.72. The number of ether oxygens (including phenoxy) is 1. The van der Waals surface area contributed by atoms with Crippen molar-refractivity contribution in [3.63, 3.8) is 0 Å². The van der Waals surface area contributed by atoms with Crippen molar-refractivity contribution in [3.8, 4) is 0 Å². The van der Waals surface area contributed by atoms with E-state index >= 15 is 0 Å². The highest BCUT2D eigenvalue weighted by atomic mass is 16.5. The van der Waals surface area contributed by atoms with Crippen molar-refractivity contribution in [2.45, 2.75) is 12.3 Å². The molecule has 2 aromatic rings. The van der Waals surface area contributed by atoms with Gasteiger partial charge in [0, 0.05) is 12.5 Å². The molecule has 0 saturated carbocycles. The molecule has 16 heavy (non-hydrogen) atoms. The molecular formula is C12H12N2O2. The zero-order chi connectivity index (χ0) is 11.0. The van der Waals surface area contributed by atoms with Gasteiger partial charge in [0.1, 0.15) is 5.82 Å². The van der Waals surface area contributed by atoms with Crippen LogP contribution in [0, 0.1) is 0 Å². The number of nitrogens with zero attached hydrogens (tertiary/aromatic N) is 1. The molecule has 1 N–H and O–H groups in total. The molecule has 1 aromatic carbocycles. The molecule has 4 heteroatoms. The minimum atomic E-state index is -0.0625. The van der Waals surface area contributed by atoms with Gasteiger partial charge in [-0.25, -0.2) is 4.98 Å². The lowest BCUT2D eigenvalue weighted by Crippen LogP contribution is -2.15. The number of fused-ring (bicyclic) bond motifs is 1. The van der Waals surface area contributed by atoms with E-state index in [-0.39, 0.29) is 11.5 Å². The maximum atomic E-state index is 11.8. The number of benzene rings is 1. The molecule has 0 bridgehead atoms. The Labute approximate surface area is 92.3 Å². The number of para-hydroxylation sites is 1. The topological polar surface area (TPSA) is 55.0 Å². The smallest absolute Gasteiger partial charge is 0.258 e. The first-order valence-corrected chi connectivity index (χ1v) is 5.41. The maximum absolute atomic E-state index is 11.8. The van der Waals surface area contributed by atoms with Crippen LogP contribution < -0.4 is 5.56 Å². The zero-order valence-electron chi connectivity index (χ0n) is 8.77. The Morgan fingerprint density at radius 2 is 2.25 bits per heavy atom. The summed E-state index contributed by atoms with van der Waals surface area (Å²) in [5.41, 5.74) is 0.695. The molecule has 1 fully saturated rings.